The maximum Gasteiger partial charge on any atom is 0.352 e. The highest BCUT2D eigenvalue weighted by Crippen LogP contribution is 2.32. The van der Waals surface area contributed by atoms with Crippen LogP contribution in [0.2, 0.25) is 0 Å². The van der Waals surface area contributed by atoms with E-state index in [1.54, 1.807) is 34.3 Å². The van der Waals surface area contributed by atoms with Crippen molar-refractivity contribution in [3.05, 3.63) is 73.6 Å². The summed E-state index contributed by atoms with van der Waals surface area (Å²) in [6.45, 7) is 4.59. The molecular formula is C20H15BrN4O2S. The van der Waals surface area contributed by atoms with Gasteiger partial charge in [-0.25, -0.2) is 9.78 Å². The first-order chi connectivity index (χ1) is 13.5. The highest BCUT2D eigenvalue weighted by atomic mass is 79.9. The van der Waals surface area contributed by atoms with Crippen molar-refractivity contribution in [1.82, 2.24) is 19.2 Å². The van der Waals surface area contributed by atoms with Gasteiger partial charge in [-0.2, -0.15) is 4.52 Å². The van der Waals surface area contributed by atoms with E-state index in [4.69, 9.17) is 4.42 Å². The first-order valence-corrected chi connectivity index (χ1v) is 10.3. The Balaban J connectivity index is 1.81. The summed E-state index contributed by atoms with van der Waals surface area (Å²) in [5, 5.41) is 5.41. The Bertz CT molecular complexity index is 1380. The molecule has 0 aliphatic rings. The monoisotopic (exact) mass is 454 g/mol. The molecule has 0 fully saturated rings. The third-order valence-corrected chi connectivity index (χ3v) is 6.61. The number of nitrogens with zero attached hydrogens (tertiary/aromatic N) is 4. The van der Waals surface area contributed by atoms with Crippen LogP contribution in [-0.4, -0.2) is 19.2 Å². The molecule has 0 spiro atoms. The molecule has 0 saturated heterocycles. The summed E-state index contributed by atoms with van der Waals surface area (Å²) in [7, 11) is 0. The third-order valence-electron chi connectivity index (χ3n) is 4.85. The van der Waals surface area contributed by atoms with Crippen LogP contribution in [-0.2, 0) is 6.54 Å². The van der Waals surface area contributed by atoms with Crippen molar-refractivity contribution in [3.8, 4) is 11.6 Å². The quantitative estimate of drug-likeness (QED) is 0.392. The van der Waals surface area contributed by atoms with Gasteiger partial charge in [-0.05, 0) is 49.2 Å². The Labute approximate surface area is 172 Å². The molecule has 28 heavy (non-hydrogen) atoms. The molecule has 8 heteroatoms. The van der Waals surface area contributed by atoms with Crippen LogP contribution >= 0.6 is 27.3 Å². The zero-order chi connectivity index (χ0) is 19.4. The van der Waals surface area contributed by atoms with Gasteiger partial charge in [0.1, 0.15) is 4.83 Å². The van der Waals surface area contributed by atoms with Gasteiger partial charge in [0.05, 0.1) is 18.2 Å². The lowest BCUT2D eigenvalue weighted by atomic mass is 10.2. The number of benzene rings is 1. The van der Waals surface area contributed by atoms with Crippen molar-refractivity contribution in [2.75, 3.05) is 0 Å². The molecule has 4 heterocycles. The number of halogens is 1. The van der Waals surface area contributed by atoms with Crippen molar-refractivity contribution >= 4 is 43.1 Å². The Morgan fingerprint density at radius 2 is 1.96 bits per heavy atom. The zero-order valence-corrected chi connectivity index (χ0v) is 17.5. The van der Waals surface area contributed by atoms with E-state index in [9.17, 15) is 4.79 Å². The normalized spacial score (nSPS) is 11.7. The average Bonchev–Trinajstić information content (AvgIpc) is 3.40. The number of rotatable bonds is 3. The standard InChI is InChI=1S/C20H15BrN4O2S/c1-11-12(2)28-19-16(11)18-22-17(15-4-3-9-27-15)23-25(18)20(26)24(19)10-13-5-7-14(21)8-6-13/h3-9H,10H2,1-2H3. The second-order valence-electron chi connectivity index (χ2n) is 6.61. The van der Waals surface area contributed by atoms with Crippen LogP contribution in [0.1, 0.15) is 16.0 Å². The molecular weight excluding hydrogens is 440 g/mol. The Morgan fingerprint density at radius 3 is 2.68 bits per heavy atom. The summed E-state index contributed by atoms with van der Waals surface area (Å²) in [5.41, 5.74) is 2.52. The highest BCUT2D eigenvalue weighted by molar-refractivity contribution is 9.10. The van der Waals surface area contributed by atoms with Crippen LogP contribution in [0.25, 0.3) is 27.4 Å². The molecule has 0 unspecified atom stereocenters. The molecule has 0 amide bonds. The number of aromatic nitrogens is 4. The summed E-state index contributed by atoms with van der Waals surface area (Å²) in [6.07, 6.45) is 1.57. The molecule has 0 atom stereocenters. The Hall–Kier alpha value is -2.71. The van der Waals surface area contributed by atoms with Crippen LogP contribution < -0.4 is 5.69 Å². The van der Waals surface area contributed by atoms with Gasteiger partial charge in [-0.15, -0.1) is 16.4 Å². The second-order valence-corrected chi connectivity index (χ2v) is 8.73. The fraction of sp³-hybridized carbons (Fsp3) is 0.150. The van der Waals surface area contributed by atoms with E-state index < -0.39 is 0 Å². The highest BCUT2D eigenvalue weighted by Gasteiger charge is 2.21. The van der Waals surface area contributed by atoms with E-state index in [1.807, 2.05) is 24.3 Å². The predicted molar refractivity (Wildman–Crippen MR) is 113 cm³/mol. The number of aryl methyl sites for hydroxylation is 2. The largest absolute Gasteiger partial charge is 0.461 e. The van der Waals surface area contributed by atoms with Gasteiger partial charge in [-0.1, -0.05) is 28.1 Å². The molecule has 0 aliphatic carbocycles. The summed E-state index contributed by atoms with van der Waals surface area (Å²) in [6, 6.07) is 11.5. The van der Waals surface area contributed by atoms with Gasteiger partial charge >= 0.3 is 5.69 Å². The third kappa shape index (κ3) is 2.63. The summed E-state index contributed by atoms with van der Waals surface area (Å²) >= 11 is 5.07. The minimum atomic E-state index is -0.211. The van der Waals surface area contributed by atoms with Crippen LogP contribution in [0.5, 0.6) is 0 Å². The van der Waals surface area contributed by atoms with Crippen molar-refractivity contribution in [3.63, 3.8) is 0 Å². The van der Waals surface area contributed by atoms with Gasteiger partial charge in [0, 0.05) is 9.35 Å². The SMILES string of the molecule is Cc1sc2c(c1C)c1nc(-c3ccco3)nn1c(=O)n2Cc1ccc(Br)cc1. The Kier molecular flexibility index (Phi) is 3.99. The molecule has 0 radical (unpaired) electrons. The average molecular weight is 455 g/mol. The van der Waals surface area contributed by atoms with Crippen molar-refractivity contribution in [2.24, 2.45) is 0 Å². The van der Waals surface area contributed by atoms with E-state index in [0.29, 0.717) is 23.8 Å². The van der Waals surface area contributed by atoms with Gasteiger partial charge in [0.15, 0.2) is 11.4 Å². The molecule has 1 aromatic carbocycles. The van der Waals surface area contributed by atoms with Crippen LogP contribution in [0.3, 0.4) is 0 Å². The van der Waals surface area contributed by atoms with Gasteiger partial charge in [0.25, 0.3) is 0 Å². The number of fused-ring (bicyclic) bond motifs is 3. The maximum atomic E-state index is 13.3. The van der Waals surface area contributed by atoms with Crippen molar-refractivity contribution in [1.29, 1.82) is 0 Å². The zero-order valence-electron chi connectivity index (χ0n) is 15.1. The van der Waals surface area contributed by atoms with Crippen molar-refractivity contribution < 1.29 is 4.42 Å². The van der Waals surface area contributed by atoms with Gasteiger partial charge in [-0.3, -0.25) is 4.57 Å². The smallest absolute Gasteiger partial charge is 0.352 e. The van der Waals surface area contributed by atoms with E-state index >= 15 is 0 Å². The molecule has 5 rings (SSSR count). The van der Waals surface area contributed by atoms with E-state index in [2.05, 4.69) is 39.9 Å². The van der Waals surface area contributed by atoms with Crippen molar-refractivity contribution in [2.45, 2.75) is 20.4 Å². The number of hydrogen-bond acceptors (Lipinski definition) is 5. The Morgan fingerprint density at radius 1 is 1.18 bits per heavy atom. The molecule has 0 N–H and O–H groups in total. The fourth-order valence-electron chi connectivity index (χ4n) is 3.29. The molecule has 4 aromatic heterocycles. The first kappa shape index (κ1) is 17.4. The summed E-state index contributed by atoms with van der Waals surface area (Å²) in [5.74, 6) is 0.952. The van der Waals surface area contributed by atoms with Crippen LogP contribution in [0.4, 0.5) is 0 Å². The van der Waals surface area contributed by atoms with E-state index in [0.717, 1.165) is 30.7 Å². The lowest BCUT2D eigenvalue weighted by molar-refractivity contribution is 0.576. The molecule has 0 bridgehead atoms. The molecule has 0 saturated carbocycles. The number of furan rings is 1. The summed E-state index contributed by atoms with van der Waals surface area (Å²) < 4.78 is 9.59. The van der Waals surface area contributed by atoms with Crippen LogP contribution in [0.15, 0.2) is 56.3 Å². The molecule has 140 valence electrons. The predicted octanol–water partition coefficient (Wildman–Crippen LogP) is 4.79. The maximum absolute atomic E-state index is 13.3. The number of hydrogen-bond donors (Lipinski definition) is 0. The molecule has 6 nitrogen and oxygen atoms in total. The van der Waals surface area contributed by atoms with Gasteiger partial charge in [0.2, 0.25) is 5.82 Å². The molecule has 0 aliphatic heterocycles. The van der Waals surface area contributed by atoms with Crippen LogP contribution in [0, 0.1) is 13.8 Å². The topological polar surface area (TPSA) is 65.3 Å². The van der Waals surface area contributed by atoms with E-state index in [-0.39, 0.29) is 5.69 Å². The van der Waals surface area contributed by atoms with E-state index in [1.165, 1.54) is 4.52 Å². The van der Waals surface area contributed by atoms with Gasteiger partial charge < -0.3 is 4.42 Å². The minimum absolute atomic E-state index is 0.211. The lowest BCUT2D eigenvalue weighted by Crippen LogP contribution is -2.27. The first-order valence-electron chi connectivity index (χ1n) is 8.70. The molecule has 5 aromatic rings. The minimum Gasteiger partial charge on any atom is -0.461 e. The summed E-state index contributed by atoms with van der Waals surface area (Å²) in [4.78, 5) is 20.0. The second kappa shape index (κ2) is 6.42. The lowest BCUT2D eigenvalue weighted by Gasteiger charge is -2.09. The number of thiophene rings is 1. The fourth-order valence-corrected chi connectivity index (χ4v) is 4.70.